The van der Waals surface area contributed by atoms with E-state index >= 15 is 0 Å². The van der Waals surface area contributed by atoms with Crippen molar-refractivity contribution in [3.8, 4) is 0 Å². The zero-order chi connectivity index (χ0) is 21.5. The van der Waals surface area contributed by atoms with Crippen LogP contribution in [0.5, 0.6) is 0 Å². The van der Waals surface area contributed by atoms with Gasteiger partial charge in [0.05, 0.1) is 12.2 Å². The maximum absolute atomic E-state index is 12.6. The predicted molar refractivity (Wildman–Crippen MR) is 110 cm³/mol. The third kappa shape index (κ3) is 13.1. The molecule has 0 heterocycles. The third-order valence-corrected chi connectivity index (χ3v) is 4.81. The van der Waals surface area contributed by atoms with E-state index in [1.165, 1.54) is 0 Å². The van der Waals surface area contributed by atoms with Gasteiger partial charge in [0.15, 0.2) is 12.1 Å². The Morgan fingerprint density at radius 3 is 1.43 bits per heavy atom. The summed E-state index contributed by atoms with van der Waals surface area (Å²) >= 11 is 0. The Morgan fingerprint density at radius 2 is 1.14 bits per heavy atom. The van der Waals surface area contributed by atoms with Crippen molar-refractivity contribution in [2.24, 2.45) is 11.5 Å². The number of carbonyl (C=O) groups excluding carboxylic acids is 2. The molecule has 0 spiro atoms. The van der Waals surface area contributed by atoms with Crippen molar-refractivity contribution in [2.75, 3.05) is 13.1 Å². The molecule has 0 aliphatic carbocycles. The highest BCUT2D eigenvalue weighted by Crippen LogP contribution is 2.18. The second-order valence-corrected chi connectivity index (χ2v) is 8.30. The normalized spacial score (nSPS) is 14.1. The van der Waals surface area contributed by atoms with Gasteiger partial charge in [-0.05, 0) is 83.9 Å². The van der Waals surface area contributed by atoms with Gasteiger partial charge in [-0.25, -0.2) is 0 Å². The molecule has 9 nitrogen and oxygen atoms in total. The number of carbonyl (C=O) groups is 2. The van der Waals surface area contributed by atoms with Gasteiger partial charge in [-0.2, -0.15) is 0 Å². The first-order valence-corrected chi connectivity index (χ1v) is 11.3. The number of rotatable bonds is 16. The van der Waals surface area contributed by atoms with Crippen molar-refractivity contribution < 1.29 is 23.6 Å². The summed E-state index contributed by atoms with van der Waals surface area (Å²) in [6.45, 7) is 8.04. The maximum Gasteiger partial charge on any atom is 0.533 e. The SMILES string of the molecule is CC(C)OC(=O)C(CCCCN)N[P+](=O)NC(CCCCN)C(=O)OC(C)C. The minimum absolute atomic E-state index is 0.276. The summed E-state index contributed by atoms with van der Waals surface area (Å²) in [6.07, 6.45) is 3.23. The quantitative estimate of drug-likeness (QED) is 0.166. The monoisotopic (exact) mass is 421 g/mol. The summed E-state index contributed by atoms with van der Waals surface area (Å²) in [5, 5.41) is 5.52. The van der Waals surface area contributed by atoms with Crippen LogP contribution in [0, 0.1) is 0 Å². The van der Waals surface area contributed by atoms with E-state index in [2.05, 4.69) is 10.2 Å². The summed E-state index contributed by atoms with van der Waals surface area (Å²) in [4.78, 5) is 24.6. The Kier molecular flexibility index (Phi) is 15.1. The predicted octanol–water partition coefficient (Wildman–Crippen LogP) is 1.72. The minimum Gasteiger partial charge on any atom is -0.462 e. The van der Waals surface area contributed by atoms with Gasteiger partial charge >= 0.3 is 20.0 Å². The lowest BCUT2D eigenvalue weighted by atomic mass is 10.1. The lowest BCUT2D eigenvalue weighted by Crippen LogP contribution is -2.41. The Hall–Kier alpha value is -1.12. The smallest absolute Gasteiger partial charge is 0.462 e. The van der Waals surface area contributed by atoms with Gasteiger partial charge in [0.25, 0.3) is 0 Å². The molecule has 0 aromatic carbocycles. The molecule has 0 fully saturated rings. The van der Waals surface area contributed by atoms with Crippen LogP contribution in [0.25, 0.3) is 0 Å². The lowest BCUT2D eigenvalue weighted by Gasteiger charge is -2.16. The van der Waals surface area contributed by atoms with Crippen molar-refractivity contribution in [1.82, 2.24) is 10.2 Å². The van der Waals surface area contributed by atoms with Crippen LogP contribution in [0.1, 0.15) is 66.2 Å². The molecule has 0 radical (unpaired) electrons. The van der Waals surface area contributed by atoms with Crippen molar-refractivity contribution >= 4 is 20.0 Å². The molecule has 0 aliphatic rings. The van der Waals surface area contributed by atoms with Crippen LogP contribution < -0.4 is 21.6 Å². The van der Waals surface area contributed by atoms with Gasteiger partial charge in [-0.1, -0.05) is 10.2 Å². The second kappa shape index (κ2) is 15.8. The molecule has 0 saturated carbocycles. The standard InChI is InChI=1S/C18H38N4O5P/c1-13(2)26-17(23)15(9-5-7-11-19)21-28(25)22-16(10-6-8-12-20)18(24)27-14(3)4/h13-16H,5-12,19-20H2,1-4H3,(H2,21,22,25)/q+1. The highest BCUT2D eigenvalue weighted by Gasteiger charge is 2.34. The first kappa shape index (κ1) is 26.9. The van der Waals surface area contributed by atoms with E-state index in [9.17, 15) is 14.2 Å². The number of hydrogen-bond acceptors (Lipinski definition) is 7. The van der Waals surface area contributed by atoms with Crippen molar-refractivity contribution in [1.29, 1.82) is 0 Å². The molecule has 164 valence electrons. The number of esters is 2. The van der Waals surface area contributed by atoms with Gasteiger partial charge in [-0.15, -0.1) is 0 Å². The average Bonchev–Trinajstić information content (AvgIpc) is 2.59. The van der Waals surface area contributed by atoms with Crippen LogP contribution in [0.4, 0.5) is 0 Å². The molecule has 10 heteroatoms. The van der Waals surface area contributed by atoms with E-state index in [1.807, 2.05) is 0 Å². The number of nitrogens with one attached hydrogen (secondary N) is 2. The third-order valence-electron chi connectivity index (χ3n) is 3.71. The van der Waals surface area contributed by atoms with Crippen LogP contribution in [0.3, 0.4) is 0 Å². The lowest BCUT2D eigenvalue weighted by molar-refractivity contribution is -0.150. The van der Waals surface area contributed by atoms with E-state index in [0.717, 1.165) is 12.8 Å². The molecule has 0 aromatic rings. The van der Waals surface area contributed by atoms with E-state index in [4.69, 9.17) is 20.9 Å². The van der Waals surface area contributed by atoms with Gasteiger partial charge in [0, 0.05) is 0 Å². The van der Waals surface area contributed by atoms with Crippen LogP contribution in [-0.4, -0.2) is 49.3 Å². The van der Waals surface area contributed by atoms with E-state index in [1.54, 1.807) is 27.7 Å². The first-order valence-electron chi connectivity index (χ1n) is 10.0. The number of nitrogens with two attached hydrogens (primary N) is 2. The van der Waals surface area contributed by atoms with E-state index in [0.29, 0.717) is 38.8 Å². The molecule has 0 amide bonds. The molecule has 0 bridgehead atoms. The summed E-state index contributed by atoms with van der Waals surface area (Å²) < 4.78 is 23.0. The molecule has 0 aromatic heterocycles. The number of hydrogen-bond donors (Lipinski definition) is 4. The van der Waals surface area contributed by atoms with Crippen LogP contribution in [-0.2, 0) is 23.6 Å². The van der Waals surface area contributed by atoms with Crippen LogP contribution in [0.15, 0.2) is 0 Å². The second-order valence-electron chi connectivity index (χ2n) is 7.20. The first-order chi connectivity index (χ1) is 13.2. The maximum atomic E-state index is 12.6. The molecule has 2 atom stereocenters. The summed E-state index contributed by atoms with van der Waals surface area (Å²) in [5.74, 6) is -0.941. The Labute approximate surface area is 169 Å². The van der Waals surface area contributed by atoms with Crippen LogP contribution >= 0.6 is 8.10 Å². The minimum atomic E-state index is -2.23. The Morgan fingerprint density at radius 1 is 0.786 bits per heavy atom. The van der Waals surface area contributed by atoms with Crippen molar-refractivity contribution in [3.05, 3.63) is 0 Å². The van der Waals surface area contributed by atoms with Crippen molar-refractivity contribution in [2.45, 2.75) is 90.5 Å². The molecule has 0 aliphatic heterocycles. The summed E-state index contributed by atoms with van der Waals surface area (Å²) in [6, 6.07) is -1.48. The zero-order valence-corrected chi connectivity index (χ0v) is 18.5. The topological polar surface area (TPSA) is 146 Å². The largest absolute Gasteiger partial charge is 0.533 e. The molecular formula is C18H38N4O5P+. The number of ether oxygens (including phenoxy) is 2. The van der Waals surface area contributed by atoms with Crippen molar-refractivity contribution in [3.63, 3.8) is 0 Å². The molecule has 2 unspecified atom stereocenters. The van der Waals surface area contributed by atoms with E-state index < -0.39 is 32.1 Å². The Bertz CT molecular complexity index is 437. The Balaban J connectivity index is 4.94. The van der Waals surface area contributed by atoms with Gasteiger partial charge in [0.1, 0.15) is 0 Å². The van der Waals surface area contributed by atoms with E-state index in [-0.39, 0.29) is 12.2 Å². The van der Waals surface area contributed by atoms with Gasteiger partial charge < -0.3 is 20.9 Å². The highest BCUT2D eigenvalue weighted by molar-refractivity contribution is 7.40. The fourth-order valence-corrected chi connectivity index (χ4v) is 3.51. The fraction of sp³-hybridized carbons (Fsp3) is 0.889. The number of unbranched alkanes of at least 4 members (excludes halogenated alkanes) is 2. The molecule has 6 N–H and O–H groups in total. The fourth-order valence-electron chi connectivity index (χ4n) is 2.41. The molecule has 0 saturated heterocycles. The van der Waals surface area contributed by atoms with Gasteiger partial charge in [0.2, 0.25) is 0 Å². The summed E-state index contributed by atoms with van der Waals surface area (Å²) in [7, 11) is -2.23. The molecule has 0 rings (SSSR count). The van der Waals surface area contributed by atoms with Crippen LogP contribution in [0.2, 0.25) is 0 Å². The van der Waals surface area contributed by atoms with Gasteiger partial charge in [-0.3, -0.25) is 9.59 Å². The zero-order valence-electron chi connectivity index (χ0n) is 17.6. The summed E-state index contributed by atoms with van der Waals surface area (Å²) in [5.41, 5.74) is 11.0. The highest BCUT2D eigenvalue weighted by atomic mass is 31.1. The molecule has 28 heavy (non-hydrogen) atoms. The average molecular weight is 421 g/mol. The molecular weight excluding hydrogens is 383 g/mol.